The van der Waals surface area contributed by atoms with Crippen molar-refractivity contribution in [2.45, 2.75) is 51.6 Å². The highest BCUT2D eigenvalue weighted by Crippen LogP contribution is 2.46. The second kappa shape index (κ2) is 5.68. The summed E-state index contributed by atoms with van der Waals surface area (Å²) in [7, 11) is 1.99. The summed E-state index contributed by atoms with van der Waals surface area (Å²) < 4.78 is 5.66. The summed E-state index contributed by atoms with van der Waals surface area (Å²) in [6.45, 7) is 4.39. The van der Waals surface area contributed by atoms with Gasteiger partial charge >= 0.3 is 0 Å². The molecule has 1 saturated heterocycles. The van der Waals surface area contributed by atoms with Crippen LogP contribution in [0, 0.1) is 5.41 Å². The maximum absolute atomic E-state index is 5.66. The Balaban J connectivity index is 1.55. The summed E-state index contributed by atoms with van der Waals surface area (Å²) in [6, 6.07) is 2.09. The first-order valence-corrected chi connectivity index (χ1v) is 7.74. The molecule has 0 atom stereocenters. The van der Waals surface area contributed by atoms with Crippen molar-refractivity contribution in [2.75, 3.05) is 20.1 Å². The van der Waals surface area contributed by atoms with Gasteiger partial charge in [-0.05, 0) is 57.3 Å². The quantitative estimate of drug-likeness (QED) is 0.903. The Bertz CT molecular complexity index is 397. The fourth-order valence-electron chi connectivity index (χ4n) is 3.87. The van der Waals surface area contributed by atoms with Gasteiger partial charge in [-0.1, -0.05) is 12.8 Å². The van der Waals surface area contributed by atoms with E-state index in [1.54, 1.807) is 0 Å². The van der Waals surface area contributed by atoms with E-state index in [0.29, 0.717) is 5.41 Å². The minimum Gasteiger partial charge on any atom is -0.468 e. The fourth-order valence-corrected chi connectivity index (χ4v) is 3.87. The van der Waals surface area contributed by atoms with Crippen LogP contribution >= 0.6 is 0 Å². The molecule has 2 fully saturated rings. The van der Waals surface area contributed by atoms with E-state index in [1.807, 2.05) is 13.3 Å². The van der Waals surface area contributed by atoms with Crippen LogP contribution in [0.15, 0.2) is 16.7 Å². The minimum atomic E-state index is 0.716. The molecule has 1 aromatic rings. The first-order valence-electron chi connectivity index (χ1n) is 7.74. The minimum absolute atomic E-state index is 0.716. The van der Waals surface area contributed by atoms with Crippen LogP contribution in [0.3, 0.4) is 0 Å². The number of rotatable bonds is 4. The van der Waals surface area contributed by atoms with Gasteiger partial charge < -0.3 is 9.73 Å². The predicted molar refractivity (Wildman–Crippen MR) is 76.9 cm³/mol. The van der Waals surface area contributed by atoms with Crippen molar-refractivity contribution in [1.29, 1.82) is 0 Å². The molecule has 3 heteroatoms. The largest absolute Gasteiger partial charge is 0.468 e. The highest BCUT2D eigenvalue weighted by Gasteiger charge is 2.36. The summed E-state index contributed by atoms with van der Waals surface area (Å²) in [5, 5.41) is 3.21. The van der Waals surface area contributed by atoms with Crippen LogP contribution < -0.4 is 5.32 Å². The van der Waals surface area contributed by atoms with E-state index in [4.69, 9.17) is 4.42 Å². The van der Waals surface area contributed by atoms with Gasteiger partial charge in [-0.25, -0.2) is 0 Å². The van der Waals surface area contributed by atoms with Gasteiger partial charge in [0.2, 0.25) is 0 Å². The van der Waals surface area contributed by atoms with Gasteiger partial charge in [-0.15, -0.1) is 0 Å². The zero-order chi connectivity index (χ0) is 13.1. The molecule has 2 heterocycles. The molecule has 106 valence electrons. The lowest BCUT2D eigenvalue weighted by Crippen LogP contribution is -2.38. The molecule has 1 aromatic heterocycles. The van der Waals surface area contributed by atoms with Crippen molar-refractivity contribution in [3.05, 3.63) is 23.7 Å². The predicted octanol–water partition coefficient (Wildman–Crippen LogP) is 3.16. The molecule has 1 aliphatic heterocycles. The van der Waals surface area contributed by atoms with Crippen molar-refractivity contribution < 1.29 is 4.42 Å². The molecule has 0 radical (unpaired) electrons. The number of nitrogens with zero attached hydrogens (tertiary/aromatic N) is 1. The smallest absolute Gasteiger partial charge is 0.122 e. The molecule has 0 aromatic carbocycles. The standard InChI is InChI=1S/C16H26N2O/c1-17-12-14-4-11-19-15(14)13-18-9-7-16(8-10-18)5-2-3-6-16/h4,11,17H,2-3,5-10,12-13H2,1H3. The average Bonchev–Trinajstić information content (AvgIpc) is 3.04. The average molecular weight is 262 g/mol. The third kappa shape index (κ3) is 2.87. The van der Waals surface area contributed by atoms with Crippen LogP contribution in [-0.2, 0) is 13.1 Å². The van der Waals surface area contributed by atoms with Gasteiger partial charge in [0.15, 0.2) is 0 Å². The highest BCUT2D eigenvalue weighted by atomic mass is 16.3. The second-order valence-electron chi connectivity index (χ2n) is 6.38. The second-order valence-corrected chi connectivity index (χ2v) is 6.38. The molecule has 3 nitrogen and oxygen atoms in total. The van der Waals surface area contributed by atoms with Crippen LogP contribution in [-0.4, -0.2) is 25.0 Å². The number of likely N-dealkylation sites (tertiary alicyclic amines) is 1. The summed E-state index contributed by atoms with van der Waals surface area (Å²) in [6.07, 6.45) is 10.5. The molecule has 1 saturated carbocycles. The molecule has 2 aliphatic rings. The maximum atomic E-state index is 5.66. The van der Waals surface area contributed by atoms with Crippen molar-refractivity contribution in [2.24, 2.45) is 5.41 Å². The van der Waals surface area contributed by atoms with Crippen molar-refractivity contribution >= 4 is 0 Å². The zero-order valence-electron chi connectivity index (χ0n) is 12.1. The van der Waals surface area contributed by atoms with E-state index < -0.39 is 0 Å². The topological polar surface area (TPSA) is 28.4 Å². The van der Waals surface area contributed by atoms with Crippen molar-refractivity contribution in [1.82, 2.24) is 10.2 Å². The Morgan fingerprint density at radius 1 is 1.21 bits per heavy atom. The van der Waals surface area contributed by atoms with Crippen LogP contribution in [0.25, 0.3) is 0 Å². The summed E-state index contributed by atoms with van der Waals surface area (Å²) in [5.41, 5.74) is 2.02. The third-order valence-electron chi connectivity index (χ3n) is 5.15. The molecule has 0 amide bonds. The van der Waals surface area contributed by atoms with Gasteiger partial charge in [0.1, 0.15) is 5.76 Å². The lowest BCUT2D eigenvalue weighted by atomic mass is 9.77. The first-order chi connectivity index (χ1) is 9.31. The number of piperidine rings is 1. The molecule has 1 spiro atoms. The third-order valence-corrected chi connectivity index (χ3v) is 5.15. The van der Waals surface area contributed by atoms with E-state index >= 15 is 0 Å². The van der Waals surface area contributed by atoms with Gasteiger partial charge in [-0.3, -0.25) is 4.90 Å². The highest BCUT2D eigenvalue weighted by molar-refractivity contribution is 5.16. The molecular formula is C16H26N2O. The molecule has 3 rings (SSSR count). The van der Waals surface area contributed by atoms with Gasteiger partial charge in [0.05, 0.1) is 12.8 Å². The normalized spacial score (nSPS) is 23.2. The summed E-state index contributed by atoms with van der Waals surface area (Å²) in [5.74, 6) is 1.15. The van der Waals surface area contributed by atoms with Crippen molar-refractivity contribution in [3.63, 3.8) is 0 Å². The van der Waals surface area contributed by atoms with Crippen LogP contribution in [0.2, 0.25) is 0 Å². The SMILES string of the molecule is CNCc1ccoc1CN1CCC2(CCCC2)CC1. The molecule has 0 unspecified atom stereocenters. The fraction of sp³-hybridized carbons (Fsp3) is 0.750. The molecule has 19 heavy (non-hydrogen) atoms. The molecular weight excluding hydrogens is 236 g/mol. The van der Waals surface area contributed by atoms with Gasteiger partial charge in [0, 0.05) is 12.1 Å². The van der Waals surface area contributed by atoms with Gasteiger partial charge in [0.25, 0.3) is 0 Å². The zero-order valence-corrected chi connectivity index (χ0v) is 12.1. The summed E-state index contributed by atoms with van der Waals surface area (Å²) >= 11 is 0. The number of furan rings is 1. The van der Waals surface area contributed by atoms with E-state index in [1.165, 1.54) is 57.2 Å². The van der Waals surface area contributed by atoms with Crippen LogP contribution in [0.5, 0.6) is 0 Å². The maximum Gasteiger partial charge on any atom is 0.122 e. The van der Waals surface area contributed by atoms with E-state index in [0.717, 1.165) is 18.8 Å². The molecule has 1 N–H and O–H groups in total. The number of nitrogens with one attached hydrogen (secondary N) is 1. The lowest BCUT2D eigenvalue weighted by Gasteiger charge is -2.39. The lowest BCUT2D eigenvalue weighted by molar-refractivity contribution is 0.0979. The first kappa shape index (κ1) is 13.2. The van der Waals surface area contributed by atoms with Crippen molar-refractivity contribution in [3.8, 4) is 0 Å². The molecule has 0 bridgehead atoms. The van der Waals surface area contributed by atoms with Gasteiger partial charge in [-0.2, -0.15) is 0 Å². The van der Waals surface area contributed by atoms with Crippen LogP contribution in [0.4, 0.5) is 0 Å². The van der Waals surface area contributed by atoms with E-state index in [9.17, 15) is 0 Å². The Morgan fingerprint density at radius 2 is 1.95 bits per heavy atom. The van der Waals surface area contributed by atoms with E-state index in [2.05, 4.69) is 16.3 Å². The summed E-state index contributed by atoms with van der Waals surface area (Å²) in [4.78, 5) is 2.57. The Kier molecular flexibility index (Phi) is 3.94. The molecule has 1 aliphatic carbocycles. The Hall–Kier alpha value is -0.800. The van der Waals surface area contributed by atoms with Crippen LogP contribution in [0.1, 0.15) is 49.8 Å². The number of hydrogen-bond acceptors (Lipinski definition) is 3. The Labute approximate surface area is 116 Å². The Morgan fingerprint density at radius 3 is 2.63 bits per heavy atom. The monoisotopic (exact) mass is 262 g/mol. The number of hydrogen-bond donors (Lipinski definition) is 1. The van der Waals surface area contributed by atoms with E-state index in [-0.39, 0.29) is 0 Å².